The number of oxime groups is 1. The van der Waals surface area contributed by atoms with E-state index in [1.54, 1.807) is 12.3 Å². The van der Waals surface area contributed by atoms with Gasteiger partial charge in [-0.1, -0.05) is 23.4 Å². The summed E-state index contributed by atoms with van der Waals surface area (Å²) in [6.45, 7) is 3.26. The molecule has 2 aromatic rings. The molecule has 0 fully saturated rings. The van der Waals surface area contributed by atoms with Crippen molar-refractivity contribution in [3.8, 4) is 6.07 Å². The molecular weight excluding hydrogens is 238 g/mol. The summed E-state index contributed by atoms with van der Waals surface area (Å²) in [4.78, 5) is 5.24. The average molecular weight is 253 g/mol. The number of hydrogen-bond acceptors (Lipinski definition) is 3. The van der Waals surface area contributed by atoms with E-state index in [9.17, 15) is 0 Å². The summed E-state index contributed by atoms with van der Waals surface area (Å²) in [6.07, 6.45) is 3.67. The summed E-state index contributed by atoms with van der Waals surface area (Å²) in [5.74, 6) is 0. The second-order valence-electron chi connectivity index (χ2n) is 4.00. The van der Waals surface area contributed by atoms with Crippen molar-refractivity contribution in [2.75, 3.05) is 0 Å². The molecule has 0 atom stereocenters. The fourth-order valence-electron chi connectivity index (χ4n) is 1.79. The first-order chi connectivity index (χ1) is 9.35. The van der Waals surface area contributed by atoms with Gasteiger partial charge in [0.05, 0.1) is 23.5 Å². The number of nitriles is 1. The molecular formula is C15H15N3O. The van der Waals surface area contributed by atoms with Crippen molar-refractivity contribution in [1.29, 1.82) is 5.26 Å². The van der Waals surface area contributed by atoms with Crippen LogP contribution in [0.5, 0.6) is 0 Å². The van der Waals surface area contributed by atoms with Gasteiger partial charge in [0.1, 0.15) is 6.61 Å². The molecule has 0 saturated heterocycles. The van der Waals surface area contributed by atoms with Crippen LogP contribution in [0.3, 0.4) is 0 Å². The molecule has 1 aromatic carbocycles. The smallest absolute Gasteiger partial charge is 0.143 e. The van der Waals surface area contributed by atoms with Crippen LogP contribution in [-0.4, -0.2) is 10.8 Å². The lowest BCUT2D eigenvalue weighted by Crippen LogP contribution is -1.98. The maximum absolute atomic E-state index is 8.95. The highest BCUT2D eigenvalue weighted by molar-refractivity contribution is 5.76. The zero-order chi connectivity index (χ0) is 13.5. The van der Waals surface area contributed by atoms with Gasteiger partial charge in [0.15, 0.2) is 0 Å². The van der Waals surface area contributed by atoms with Crippen LogP contribution in [0.15, 0.2) is 47.8 Å². The lowest BCUT2D eigenvalue weighted by molar-refractivity contribution is 0.132. The van der Waals surface area contributed by atoms with E-state index in [0.29, 0.717) is 12.2 Å². The standard InChI is InChI=1S/C15H15N3O/c1-2-18-9-5-8-15(18)11-17-19-12-14-7-4-3-6-13(14)10-16/h3-9,11H,2,12H2,1H3/b17-11-. The Morgan fingerprint density at radius 2 is 2.16 bits per heavy atom. The first-order valence-electron chi connectivity index (χ1n) is 6.13. The van der Waals surface area contributed by atoms with Gasteiger partial charge in [0.25, 0.3) is 0 Å². The fourth-order valence-corrected chi connectivity index (χ4v) is 1.79. The molecule has 0 aliphatic carbocycles. The Labute approximate surface area is 112 Å². The minimum Gasteiger partial charge on any atom is -0.391 e. The molecule has 0 bridgehead atoms. The van der Waals surface area contributed by atoms with Crippen molar-refractivity contribution in [3.63, 3.8) is 0 Å². The molecule has 4 heteroatoms. The second-order valence-corrected chi connectivity index (χ2v) is 4.00. The molecule has 0 aliphatic heterocycles. The van der Waals surface area contributed by atoms with Gasteiger partial charge in [0.2, 0.25) is 0 Å². The van der Waals surface area contributed by atoms with Crippen LogP contribution in [0.25, 0.3) is 0 Å². The van der Waals surface area contributed by atoms with Crippen molar-refractivity contribution in [2.24, 2.45) is 5.16 Å². The summed E-state index contributed by atoms with van der Waals surface area (Å²) < 4.78 is 2.07. The molecule has 96 valence electrons. The largest absolute Gasteiger partial charge is 0.391 e. The predicted molar refractivity (Wildman–Crippen MR) is 73.6 cm³/mol. The Morgan fingerprint density at radius 3 is 2.95 bits per heavy atom. The first-order valence-corrected chi connectivity index (χ1v) is 6.13. The van der Waals surface area contributed by atoms with E-state index in [-0.39, 0.29) is 0 Å². The zero-order valence-corrected chi connectivity index (χ0v) is 10.8. The normalized spacial score (nSPS) is 10.5. The molecule has 0 amide bonds. The second kappa shape index (κ2) is 6.41. The summed E-state index contributed by atoms with van der Waals surface area (Å²) in [6, 6.07) is 13.4. The van der Waals surface area contributed by atoms with E-state index in [2.05, 4.69) is 22.7 Å². The molecule has 2 rings (SSSR count). The van der Waals surface area contributed by atoms with Gasteiger partial charge in [-0.25, -0.2) is 0 Å². The fraction of sp³-hybridized carbons (Fsp3) is 0.200. The predicted octanol–water partition coefficient (Wildman–Crippen LogP) is 2.93. The highest BCUT2D eigenvalue weighted by Gasteiger charge is 2.00. The van der Waals surface area contributed by atoms with Gasteiger partial charge in [-0.2, -0.15) is 5.26 Å². The summed E-state index contributed by atoms with van der Waals surface area (Å²) in [7, 11) is 0. The van der Waals surface area contributed by atoms with E-state index in [4.69, 9.17) is 10.1 Å². The van der Waals surface area contributed by atoms with Crippen molar-refractivity contribution >= 4 is 6.21 Å². The molecule has 0 aliphatic rings. The topological polar surface area (TPSA) is 50.3 Å². The van der Waals surface area contributed by atoms with Crippen LogP contribution in [0.2, 0.25) is 0 Å². The van der Waals surface area contributed by atoms with E-state index in [1.165, 1.54) is 0 Å². The molecule has 1 aromatic heterocycles. The number of nitrogens with zero attached hydrogens (tertiary/aromatic N) is 3. The molecule has 0 saturated carbocycles. The van der Waals surface area contributed by atoms with Crippen LogP contribution in [-0.2, 0) is 18.0 Å². The molecule has 1 heterocycles. The van der Waals surface area contributed by atoms with Crippen molar-refractivity contribution in [2.45, 2.75) is 20.1 Å². The van der Waals surface area contributed by atoms with Gasteiger partial charge in [-0.05, 0) is 25.1 Å². The number of benzene rings is 1. The van der Waals surface area contributed by atoms with Crippen molar-refractivity contribution in [1.82, 2.24) is 4.57 Å². The highest BCUT2D eigenvalue weighted by Crippen LogP contribution is 2.08. The monoisotopic (exact) mass is 253 g/mol. The number of aryl methyl sites for hydroxylation is 1. The molecule has 4 nitrogen and oxygen atoms in total. The van der Waals surface area contributed by atoms with Crippen molar-refractivity contribution < 1.29 is 4.84 Å². The molecule has 0 N–H and O–H groups in total. The number of rotatable bonds is 5. The zero-order valence-electron chi connectivity index (χ0n) is 10.8. The Morgan fingerprint density at radius 1 is 1.32 bits per heavy atom. The van der Waals surface area contributed by atoms with E-state index in [1.807, 2.05) is 36.5 Å². The SMILES string of the molecule is CCn1cccc1/C=N\OCc1ccccc1C#N. The summed E-state index contributed by atoms with van der Waals surface area (Å²) >= 11 is 0. The lowest BCUT2D eigenvalue weighted by atomic mass is 10.1. The van der Waals surface area contributed by atoms with Crippen LogP contribution >= 0.6 is 0 Å². The minimum absolute atomic E-state index is 0.299. The van der Waals surface area contributed by atoms with Gasteiger partial charge >= 0.3 is 0 Å². The van der Waals surface area contributed by atoms with Crippen molar-refractivity contribution in [3.05, 3.63) is 59.4 Å². The molecule has 0 spiro atoms. The van der Waals surface area contributed by atoms with E-state index in [0.717, 1.165) is 17.8 Å². The third-order valence-electron chi connectivity index (χ3n) is 2.82. The van der Waals surface area contributed by atoms with Crippen LogP contribution in [0.1, 0.15) is 23.7 Å². The minimum atomic E-state index is 0.299. The van der Waals surface area contributed by atoms with Gasteiger partial charge in [-0.15, -0.1) is 0 Å². The maximum Gasteiger partial charge on any atom is 0.143 e. The van der Waals surface area contributed by atoms with Gasteiger partial charge in [0, 0.05) is 18.3 Å². The maximum atomic E-state index is 8.95. The van der Waals surface area contributed by atoms with Crippen LogP contribution in [0.4, 0.5) is 0 Å². The Bertz CT molecular complexity index is 608. The summed E-state index contributed by atoms with van der Waals surface area (Å²) in [5, 5.41) is 12.9. The third-order valence-corrected chi connectivity index (χ3v) is 2.82. The quantitative estimate of drug-likeness (QED) is 0.607. The molecule has 0 unspecified atom stereocenters. The number of hydrogen-bond donors (Lipinski definition) is 0. The number of aromatic nitrogens is 1. The van der Waals surface area contributed by atoms with Crippen LogP contribution in [0, 0.1) is 11.3 Å². The summed E-state index contributed by atoms with van der Waals surface area (Å²) in [5.41, 5.74) is 2.46. The first kappa shape index (κ1) is 12.9. The van der Waals surface area contributed by atoms with Crippen LogP contribution < -0.4 is 0 Å². The molecule has 19 heavy (non-hydrogen) atoms. The van der Waals surface area contributed by atoms with Gasteiger partial charge in [-0.3, -0.25) is 0 Å². The Kier molecular flexibility index (Phi) is 4.35. The van der Waals surface area contributed by atoms with E-state index >= 15 is 0 Å². The average Bonchev–Trinajstić information content (AvgIpc) is 2.91. The lowest BCUT2D eigenvalue weighted by Gasteiger charge is -2.02. The Balaban J connectivity index is 1.95. The molecule has 0 radical (unpaired) electrons. The van der Waals surface area contributed by atoms with E-state index < -0.39 is 0 Å². The van der Waals surface area contributed by atoms with Gasteiger partial charge < -0.3 is 9.40 Å². The Hall–Kier alpha value is -2.54. The third kappa shape index (κ3) is 3.23. The highest BCUT2D eigenvalue weighted by atomic mass is 16.6.